The predicted octanol–water partition coefficient (Wildman–Crippen LogP) is 3.02. The van der Waals surface area contributed by atoms with Crippen molar-refractivity contribution in [3.05, 3.63) is 58.3 Å². The van der Waals surface area contributed by atoms with Gasteiger partial charge in [-0.2, -0.15) is 0 Å². The first-order valence-electron chi connectivity index (χ1n) is 9.97. The number of anilines is 2. The fraction of sp³-hybridized carbons (Fsp3) is 0.318. The van der Waals surface area contributed by atoms with E-state index in [0.717, 1.165) is 22.2 Å². The van der Waals surface area contributed by atoms with Crippen LogP contribution in [-0.2, 0) is 19.9 Å². The van der Waals surface area contributed by atoms with Gasteiger partial charge in [-0.25, -0.2) is 9.29 Å². The van der Waals surface area contributed by atoms with Crippen molar-refractivity contribution < 1.29 is 18.8 Å². The first-order valence-corrected chi connectivity index (χ1v) is 10.8. The number of halogens is 2. The molecule has 2 aromatic rings. The molecule has 0 aliphatic carbocycles. The number of hydrogen-bond donors (Lipinski definition) is 1. The van der Waals surface area contributed by atoms with Crippen LogP contribution in [0, 0.1) is 17.7 Å². The SMILES string of the molecule is O=C1[C@H]2[C@@H](C(=O)N1c1ccccc1F)[C@@]1(C(=O)Nc3ccc(Br)cc31)N1CCC[C@@H]21. The molecule has 0 saturated carbocycles. The lowest BCUT2D eigenvalue weighted by Crippen LogP contribution is -2.54. The summed E-state index contributed by atoms with van der Waals surface area (Å²) < 4.78 is 15.3. The molecular formula is C22H17BrFN3O3. The number of rotatable bonds is 1. The van der Waals surface area contributed by atoms with Gasteiger partial charge in [-0.05, 0) is 49.7 Å². The van der Waals surface area contributed by atoms with E-state index in [4.69, 9.17) is 0 Å². The van der Waals surface area contributed by atoms with Gasteiger partial charge in [-0.1, -0.05) is 28.1 Å². The monoisotopic (exact) mass is 469 g/mol. The quantitative estimate of drug-likeness (QED) is 0.651. The summed E-state index contributed by atoms with van der Waals surface area (Å²) in [6.45, 7) is 0.636. The molecule has 6 rings (SSSR count). The van der Waals surface area contributed by atoms with Crippen molar-refractivity contribution in [2.75, 3.05) is 16.8 Å². The minimum atomic E-state index is -1.25. The summed E-state index contributed by atoms with van der Waals surface area (Å²) in [5.41, 5.74) is 0.0592. The molecule has 0 aromatic heterocycles. The molecule has 4 aliphatic heterocycles. The number of nitrogens with zero attached hydrogens (tertiary/aromatic N) is 2. The van der Waals surface area contributed by atoms with Gasteiger partial charge in [0.05, 0.1) is 17.5 Å². The second kappa shape index (κ2) is 5.98. The number of carbonyl (C=O) groups is 3. The molecule has 2 aromatic carbocycles. The molecule has 4 atom stereocenters. The van der Waals surface area contributed by atoms with Crippen LogP contribution in [0.4, 0.5) is 15.8 Å². The molecule has 0 bridgehead atoms. The molecule has 4 heterocycles. The first-order chi connectivity index (χ1) is 14.5. The predicted molar refractivity (Wildman–Crippen MR) is 110 cm³/mol. The molecule has 4 aliphatic rings. The molecule has 3 saturated heterocycles. The van der Waals surface area contributed by atoms with E-state index in [1.807, 2.05) is 17.0 Å². The maximum absolute atomic E-state index is 14.5. The third kappa shape index (κ3) is 1.98. The molecular weight excluding hydrogens is 453 g/mol. The Kier molecular flexibility index (Phi) is 3.63. The first kappa shape index (κ1) is 18.2. The lowest BCUT2D eigenvalue weighted by Gasteiger charge is -2.36. The molecule has 3 amide bonds. The van der Waals surface area contributed by atoms with Crippen molar-refractivity contribution in [1.29, 1.82) is 0 Å². The summed E-state index contributed by atoms with van der Waals surface area (Å²) in [7, 11) is 0. The van der Waals surface area contributed by atoms with Gasteiger partial charge in [0.1, 0.15) is 11.4 Å². The molecule has 1 spiro atoms. The van der Waals surface area contributed by atoms with Gasteiger partial charge >= 0.3 is 0 Å². The van der Waals surface area contributed by atoms with Crippen molar-refractivity contribution in [1.82, 2.24) is 4.90 Å². The fourth-order valence-corrected chi connectivity index (χ4v) is 6.41. The van der Waals surface area contributed by atoms with Crippen LogP contribution in [0.5, 0.6) is 0 Å². The number of amides is 3. The van der Waals surface area contributed by atoms with Crippen LogP contribution < -0.4 is 10.2 Å². The standard InChI is InChI=1S/C22H17BrFN3O3/c23-11-7-8-14-12(10-11)22(21(30)25-14)18-17(16-6-3-9-26(16)22)19(28)27(20(18)29)15-5-2-1-4-13(15)24/h1-2,4-5,7-8,10,16-18H,3,6,9H2,(H,25,30)/t16-,17+,18-,22-/m0/s1. The lowest BCUT2D eigenvalue weighted by atomic mass is 9.75. The topological polar surface area (TPSA) is 69.7 Å². The Balaban J connectivity index is 1.58. The fourth-order valence-electron chi connectivity index (χ4n) is 6.05. The van der Waals surface area contributed by atoms with E-state index >= 15 is 0 Å². The number of carbonyl (C=O) groups excluding carboxylic acids is 3. The zero-order chi connectivity index (χ0) is 20.8. The number of imide groups is 1. The van der Waals surface area contributed by atoms with E-state index in [1.165, 1.54) is 18.2 Å². The van der Waals surface area contributed by atoms with Gasteiger partial charge in [0.15, 0.2) is 0 Å². The minimum absolute atomic E-state index is 0.0468. The molecule has 3 fully saturated rings. The van der Waals surface area contributed by atoms with Gasteiger partial charge < -0.3 is 5.32 Å². The third-order valence-electron chi connectivity index (χ3n) is 7.05. The smallest absolute Gasteiger partial charge is 0.250 e. The van der Waals surface area contributed by atoms with Crippen LogP contribution in [-0.4, -0.2) is 35.2 Å². The zero-order valence-electron chi connectivity index (χ0n) is 15.8. The minimum Gasteiger partial charge on any atom is -0.324 e. The summed E-state index contributed by atoms with van der Waals surface area (Å²) in [5, 5.41) is 2.93. The van der Waals surface area contributed by atoms with E-state index in [-0.39, 0.29) is 17.6 Å². The van der Waals surface area contributed by atoms with Gasteiger partial charge in [0, 0.05) is 21.8 Å². The Morgan fingerprint density at radius 3 is 2.70 bits per heavy atom. The highest BCUT2D eigenvalue weighted by Crippen LogP contribution is 2.60. The number of nitrogens with one attached hydrogen (secondary N) is 1. The number of para-hydroxylation sites is 1. The molecule has 8 heteroatoms. The normalized spacial score (nSPS) is 32.0. The largest absolute Gasteiger partial charge is 0.324 e. The second-order valence-corrected chi connectivity index (χ2v) is 9.20. The Morgan fingerprint density at radius 2 is 1.90 bits per heavy atom. The summed E-state index contributed by atoms with van der Waals surface area (Å²) in [4.78, 5) is 43.7. The van der Waals surface area contributed by atoms with Crippen molar-refractivity contribution in [2.45, 2.75) is 24.4 Å². The van der Waals surface area contributed by atoms with E-state index in [0.29, 0.717) is 17.8 Å². The Labute approximate surface area is 180 Å². The molecule has 1 N–H and O–H groups in total. The van der Waals surface area contributed by atoms with Crippen molar-refractivity contribution in [3.8, 4) is 0 Å². The molecule has 0 radical (unpaired) electrons. The maximum Gasteiger partial charge on any atom is 0.250 e. The van der Waals surface area contributed by atoms with Crippen LogP contribution in [0.3, 0.4) is 0 Å². The third-order valence-corrected chi connectivity index (χ3v) is 7.54. The number of fused-ring (bicyclic) bond motifs is 7. The van der Waals surface area contributed by atoms with Crippen molar-refractivity contribution >= 4 is 45.0 Å². The van der Waals surface area contributed by atoms with Gasteiger partial charge in [-0.15, -0.1) is 0 Å². The Hall–Kier alpha value is -2.58. The van der Waals surface area contributed by atoms with Crippen LogP contribution in [0.2, 0.25) is 0 Å². The Morgan fingerprint density at radius 1 is 1.10 bits per heavy atom. The van der Waals surface area contributed by atoms with Crippen LogP contribution in [0.15, 0.2) is 46.9 Å². The highest BCUT2D eigenvalue weighted by molar-refractivity contribution is 9.10. The molecule has 30 heavy (non-hydrogen) atoms. The van der Waals surface area contributed by atoms with Crippen molar-refractivity contribution in [3.63, 3.8) is 0 Å². The molecule has 6 nitrogen and oxygen atoms in total. The van der Waals surface area contributed by atoms with Gasteiger partial charge in [0.25, 0.3) is 0 Å². The summed E-state index contributed by atoms with van der Waals surface area (Å²) >= 11 is 3.48. The number of hydrogen-bond acceptors (Lipinski definition) is 4. The summed E-state index contributed by atoms with van der Waals surface area (Å²) in [5.74, 6) is -3.39. The average Bonchev–Trinajstić information content (AvgIpc) is 3.42. The zero-order valence-corrected chi connectivity index (χ0v) is 17.4. The van der Waals surface area contributed by atoms with Crippen molar-refractivity contribution in [2.24, 2.45) is 11.8 Å². The average molecular weight is 470 g/mol. The second-order valence-electron chi connectivity index (χ2n) is 8.28. The van der Waals surface area contributed by atoms with E-state index in [9.17, 15) is 18.8 Å². The molecule has 0 unspecified atom stereocenters. The van der Waals surface area contributed by atoms with E-state index < -0.39 is 35.0 Å². The lowest BCUT2D eigenvalue weighted by molar-refractivity contribution is -0.135. The highest BCUT2D eigenvalue weighted by atomic mass is 79.9. The summed E-state index contributed by atoms with van der Waals surface area (Å²) in [6.07, 6.45) is 1.57. The number of benzene rings is 2. The summed E-state index contributed by atoms with van der Waals surface area (Å²) in [6, 6.07) is 11.1. The van der Waals surface area contributed by atoms with E-state index in [1.54, 1.807) is 12.1 Å². The highest BCUT2D eigenvalue weighted by Gasteiger charge is 2.74. The van der Waals surface area contributed by atoms with Crippen LogP contribution >= 0.6 is 15.9 Å². The van der Waals surface area contributed by atoms with Crippen LogP contribution in [0.1, 0.15) is 18.4 Å². The van der Waals surface area contributed by atoms with E-state index in [2.05, 4.69) is 21.2 Å². The Bertz CT molecular complexity index is 1150. The van der Waals surface area contributed by atoms with Gasteiger partial charge in [0.2, 0.25) is 17.7 Å². The maximum atomic E-state index is 14.5. The molecule has 152 valence electrons. The van der Waals surface area contributed by atoms with Crippen LogP contribution in [0.25, 0.3) is 0 Å². The van der Waals surface area contributed by atoms with Gasteiger partial charge in [-0.3, -0.25) is 19.3 Å².